The molecule has 4 aromatic carbocycles. The fraction of sp³-hybridized carbons (Fsp3) is 0.0714. The van der Waals surface area contributed by atoms with Gasteiger partial charge in [-0.25, -0.2) is 0 Å². The fourth-order valence-electron chi connectivity index (χ4n) is 3.64. The molecule has 2 N–H and O–H groups in total. The second kappa shape index (κ2) is 10.2. The topological polar surface area (TPSA) is 58.2 Å². The summed E-state index contributed by atoms with van der Waals surface area (Å²) < 4.78 is 0. The molecule has 0 radical (unpaired) electrons. The van der Waals surface area contributed by atoms with Crippen LogP contribution in [0.15, 0.2) is 107 Å². The van der Waals surface area contributed by atoms with Crippen LogP contribution in [0.2, 0.25) is 0 Å². The quantitative estimate of drug-likeness (QED) is 0.281. The Hall–Kier alpha value is -3.48. The molecular formula is C28H22N2O2S2. The average Bonchev–Trinajstić information content (AvgIpc) is 2.88. The minimum absolute atomic E-state index is 0.249. The maximum Gasteiger partial charge on any atom is 0.255 e. The van der Waals surface area contributed by atoms with Gasteiger partial charge in [0, 0.05) is 32.4 Å². The molecule has 0 saturated heterocycles. The minimum Gasteiger partial charge on any atom is -0.321 e. The third-order valence-electron chi connectivity index (χ3n) is 5.47. The molecule has 0 unspecified atom stereocenters. The van der Waals surface area contributed by atoms with Crippen LogP contribution in [0.3, 0.4) is 0 Å². The molecule has 2 aliphatic heterocycles. The molecule has 2 amide bonds. The standard InChI is InChI=1S/C28H22N2O2S2/c31-27-21-6-5-7-22(16-21)28(32)30-24-9-2-4-11-26(24)34-18-20-14-12-19(13-15-20)17-33-25-10-3-1-8-23(25)29-27/h1-16H,17-18H2,(H,29,31)(H,30,32). The van der Waals surface area contributed by atoms with Gasteiger partial charge in [-0.2, -0.15) is 0 Å². The van der Waals surface area contributed by atoms with Crippen molar-refractivity contribution in [2.45, 2.75) is 21.3 Å². The SMILES string of the molecule is O=C1Nc2ccccc2SCc2ccc(cc2)CSc2ccccc2NC(=O)c2cccc1c2. The zero-order valence-corrected chi connectivity index (χ0v) is 19.9. The van der Waals surface area contributed by atoms with Crippen LogP contribution in [0.1, 0.15) is 31.8 Å². The highest BCUT2D eigenvalue weighted by atomic mass is 32.2. The monoisotopic (exact) mass is 482 g/mol. The molecule has 2 aliphatic rings. The number of fused-ring (bicyclic) bond motifs is 6. The van der Waals surface area contributed by atoms with Gasteiger partial charge in [-0.15, -0.1) is 23.5 Å². The molecule has 6 heteroatoms. The van der Waals surface area contributed by atoms with E-state index in [4.69, 9.17) is 0 Å². The summed E-state index contributed by atoms with van der Waals surface area (Å²) in [5.41, 5.74) is 4.82. The lowest BCUT2D eigenvalue weighted by atomic mass is 10.1. The number of carbonyl (C=O) groups is 2. The summed E-state index contributed by atoms with van der Waals surface area (Å²) >= 11 is 3.37. The normalized spacial score (nSPS) is 14.0. The molecule has 6 rings (SSSR count). The lowest BCUT2D eigenvalue weighted by molar-refractivity contribution is 0.102. The largest absolute Gasteiger partial charge is 0.321 e. The van der Waals surface area contributed by atoms with Gasteiger partial charge in [-0.05, 0) is 53.6 Å². The third-order valence-corrected chi connectivity index (χ3v) is 7.76. The lowest BCUT2D eigenvalue weighted by Crippen LogP contribution is -2.16. The van der Waals surface area contributed by atoms with Gasteiger partial charge in [-0.3, -0.25) is 9.59 Å². The maximum atomic E-state index is 13.0. The van der Waals surface area contributed by atoms with Gasteiger partial charge in [-0.1, -0.05) is 54.6 Å². The van der Waals surface area contributed by atoms with Gasteiger partial charge < -0.3 is 10.6 Å². The Bertz CT molecular complexity index is 1250. The summed E-state index contributed by atoms with van der Waals surface area (Å²) in [6.07, 6.45) is 0. The highest BCUT2D eigenvalue weighted by molar-refractivity contribution is 7.99. The first-order valence-corrected chi connectivity index (χ1v) is 12.9. The lowest BCUT2D eigenvalue weighted by Gasteiger charge is -2.12. The Kier molecular flexibility index (Phi) is 6.70. The molecule has 0 spiro atoms. The van der Waals surface area contributed by atoms with Crippen LogP contribution in [0.25, 0.3) is 0 Å². The number of carbonyl (C=O) groups excluding carboxylic acids is 2. The van der Waals surface area contributed by atoms with Crippen molar-refractivity contribution in [1.29, 1.82) is 0 Å². The molecule has 4 bridgehead atoms. The van der Waals surface area contributed by atoms with Crippen molar-refractivity contribution < 1.29 is 9.59 Å². The third kappa shape index (κ3) is 5.19. The van der Waals surface area contributed by atoms with Crippen LogP contribution < -0.4 is 10.6 Å². The highest BCUT2D eigenvalue weighted by Gasteiger charge is 2.14. The molecule has 0 aromatic heterocycles. The summed E-state index contributed by atoms with van der Waals surface area (Å²) in [7, 11) is 0. The number of para-hydroxylation sites is 2. The Morgan fingerprint density at radius 3 is 1.44 bits per heavy atom. The first-order valence-electron chi connectivity index (χ1n) is 10.9. The molecule has 168 valence electrons. The van der Waals surface area contributed by atoms with E-state index in [0.717, 1.165) is 32.7 Å². The zero-order chi connectivity index (χ0) is 23.3. The maximum absolute atomic E-state index is 13.0. The number of hydrogen-bond acceptors (Lipinski definition) is 4. The van der Waals surface area contributed by atoms with Crippen molar-refractivity contribution in [3.63, 3.8) is 0 Å². The Morgan fingerprint density at radius 1 is 0.529 bits per heavy atom. The Morgan fingerprint density at radius 2 is 0.971 bits per heavy atom. The Balaban J connectivity index is 1.52. The summed E-state index contributed by atoms with van der Waals surface area (Å²) in [5.74, 6) is 1.11. The number of thioether (sulfide) groups is 2. The predicted molar refractivity (Wildman–Crippen MR) is 141 cm³/mol. The van der Waals surface area contributed by atoms with Gasteiger partial charge in [0.15, 0.2) is 0 Å². The van der Waals surface area contributed by atoms with Crippen molar-refractivity contribution in [2.24, 2.45) is 0 Å². The van der Waals surface area contributed by atoms with Gasteiger partial charge >= 0.3 is 0 Å². The first-order chi connectivity index (χ1) is 16.7. The number of rotatable bonds is 0. The zero-order valence-electron chi connectivity index (χ0n) is 18.3. The molecule has 2 heterocycles. The van der Waals surface area contributed by atoms with Crippen molar-refractivity contribution in [1.82, 2.24) is 0 Å². The number of benzene rings is 4. The summed E-state index contributed by atoms with van der Waals surface area (Å²) in [4.78, 5) is 28.0. The smallest absolute Gasteiger partial charge is 0.255 e. The molecule has 0 atom stereocenters. The number of hydrogen-bond donors (Lipinski definition) is 2. The van der Waals surface area contributed by atoms with Crippen molar-refractivity contribution in [3.8, 4) is 0 Å². The average molecular weight is 483 g/mol. The molecular weight excluding hydrogens is 460 g/mol. The minimum atomic E-state index is -0.249. The molecule has 0 aliphatic carbocycles. The van der Waals surface area contributed by atoms with E-state index in [1.807, 2.05) is 48.5 Å². The van der Waals surface area contributed by atoms with E-state index in [-0.39, 0.29) is 11.8 Å². The van der Waals surface area contributed by atoms with E-state index in [9.17, 15) is 9.59 Å². The van der Waals surface area contributed by atoms with E-state index < -0.39 is 0 Å². The van der Waals surface area contributed by atoms with Crippen LogP contribution in [0, 0.1) is 0 Å². The molecule has 4 aromatic rings. The second-order valence-corrected chi connectivity index (χ2v) is 9.91. The van der Waals surface area contributed by atoms with Crippen LogP contribution in [0.5, 0.6) is 0 Å². The predicted octanol–water partition coefficient (Wildman–Crippen LogP) is 7.09. The Labute approximate surface area is 207 Å². The van der Waals surface area contributed by atoms with Crippen molar-refractivity contribution >= 4 is 46.7 Å². The van der Waals surface area contributed by atoms with Crippen LogP contribution in [-0.4, -0.2) is 11.8 Å². The van der Waals surface area contributed by atoms with Gasteiger partial charge in [0.25, 0.3) is 11.8 Å². The molecule has 0 saturated carbocycles. The highest BCUT2D eigenvalue weighted by Crippen LogP contribution is 2.32. The van der Waals surface area contributed by atoms with Crippen molar-refractivity contribution in [3.05, 3.63) is 119 Å². The fourth-order valence-corrected chi connectivity index (χ4v) is 5.56. The summed E-state index contributed by atoms with van der Waals surface area (Å²) in [6, 6.07) is 31.0. The van der Waals surface area contributed by atoms with E-state index in [0.29, 0.717) is 11.1 Å². The molecule has 4 nitrogen and oxygen atoms in total. The molecule has 34 heavy (non-hydrogen) atoms. The molecule has 0 fully saturated rings. The van der Waals surface area contributed by atoms with E-state index in [1.54, 1.807) is 47.8 Å². The summed E-state index contributed by atoms with van der Waals surface area (Å²) in [6.45, 7) is 0. The summed E-state index contributed by atoms with van der Waals surface area (Å²) in [5, 5.41) is 6.02. The van der Waals surface area contributed by atoms with E-state index in [2.05, 4.69) is 34.9 Å². The number of anilines is 2. The second-order valence-electron chi connectivity index (χ2n) is 7.88. The van der Waals surface area contributed by atoms with Gasteiger partial charge in [0.2, 0.25) is 0 Å². The van der Waals surface area contributed by atoms with Gasteiger partial charge in [0.05, 0.1) is 11.4 Å². The number of amides is 2. The first kappa shape index (κ1) is 22.3. The van der Waals surface area contributed by atoms with Gasteiger partial charge in [0.1, 0.15) is 0 Å². The van der Waals surface area contributed by atoms with Crippen molar-refractivity contribution in [2.75, 3.05) is 10.6 Å². The van der Waals surface area contributed by atoms with E-state index in [1.165, 1.54) is 11.1 Å². The van der Waals surface area contributed by atoms with Crippen LogP contribution in [0.4, 0.5) is 11.4 Å². The van der Waals surface area contributed by atoms with Crippen LogP contribution >= 0.6 is 23.5 Å². The van der Waals surface area contributed by atoms with Crippen LogP contribution in [-0.2, 0) is 11.5 Å². The number of nitrogens with one attached hydrogen (secondary N) is 2. The van der Waals surface area contributed by atoms with E-state index >= 15 is 0 Å².